The van der Waals surface area contributed by atoms with Crippen LogP contribution in [-0.2, 0) is 19.0 Å². The summed E-state index contributed by atoms with van der Waals surface area (Å²) in [7, 11) is 11.7. The topological polar surface area (TPSA) is 48.1 Å². The van der Waals surface area contributed by atoms with Crippen LogP contribution in [0, 0.1) is 5.92 Å². The monoisotopic (exact) mass is 316 g/mol. The first-order chi connectivity index (χ1) is 10.2. The van der Waals surface area contributed by atoms with Crippen LogP contribution < -0.4 is 0 Å². The lowest BCUT2D eigenvalue weighted by molar-refractivity contribution is -0.178. The van der Waals surface area contributed by atoms with Crippen LogP contribution in [0.25, 0.3) is 0 Å². The van der Waals surface area contributed by atoms with Crippen molar-refractivity contribution < 1.29 is 32.2 Å². The predicted octanol–water partition coefficient (Wildman–Crippen LogP) is 1.24. The Balaban J connectivity index is 1.81. The first-order valence-corrected chi connectivity index (χ1v) is 7.11. The zero-order valence-electron chi connectivity index (χ0n) is 12.3. The van der Waals surface area contributed by atoms with Crippen LogP contribution in [0.3, 0.4) is 0 Å². The van der Waals surface area contributed by atoms with Gasteiger partial charge in [-0.05, 0) is 25.0 Å². The van der Waals surface area contributed by atoms with Gasteiger partial charge in [0.25, 0.3) is 0 Å². The van der Waals surface area contributed by atoms with Gasteiger partial charge in [0.15, 0.2) is 0 Å². The van der Waals surface area contributed by atoms with Crippen LogP contribution in [0.15, 0.2) is 0 Å². The normalized spacial score (nSPS) is 36.5. The van der Waals surface area contributed by atoms with Gasteiger partial charge in [0.05, 0.1) is 47.2 Å². The number of carbonyl (C=O) groups is 1. The molecule has 0 aromatic rings. The number of epoxide rings is 1. The highest BCUT2D eigenvalue weighted by Crippen LogP contribution is 2.53. The maximum Gasteiger partial charge on any atom is 0.411 e. The van der Waals surface area contributed by atoms with E-state index in [0.717, 1.165) is 0 Å². The lowest BCUT2D eigenvalue weighted by atomic mass is 9.54. The van der Waals surface area contributed by atoms with Crippen LogP contribution >= 0.6 is 0 Å². The average molecular weight is 316 g/mol. The van der Waals surface area contributed by atoms with E-state index < -0.39 is 36.1 Å². The smallest absolute Gasteiger partial charge is 0.376 e. The lowest BCUT2D eigenvalue weighted by Crippen LogP contribution is -2.47. The van der Waals surface area contributed by atoms with E-state index in [1.807, 2.05) is 0 Å². The van der Waals surface area contributed by atoms with Gasteiger partial charge in [-0.3, -0.25) is 0 Å². The number of ether oxygens (including phenoxy) is 3. The van der Waals surface area contributed by atoms with Crippen LogP contribution in [0.2, 0.25) is 11.6 Å². The van der Waals surface area contributed by atoms with E-state index >= 15 is 0 Å². The minimum atomic E-state index is -4.36. The third-order valence-electron chi connectivity index (χ3n) is 4.15. The molecule has 1 saturated heterocycles. The van der Waals surface area contributed by atoms with Gasteiger partial charge in [0.1, 0.15) is 12.4 Å². The Kier molecular flexibility index (Phi) is 5.29. The average Bonchev–Trinajstić information content (AvgIpc) is 3.14. The largest absolute Gasteiger partial charge is 0.411 e. The van der Waals surface area contributed by atoms with E-state index in [-0.39, 0.29) is 24.9 Å². The summed E-state index contributed by atoms with van der Waals surface area (Å²) in [4.78, 5) is 11.9. The second kappa shape index (κ2) is 6.53. The number of halogens is 3. The fourth-order valence-electron chi connectivity index (χ4n) is 3.07. The lowest BCUT2D eigenvalue weighted by Gasteiger charge is -2.40. The second-order valence-corrected chi connectivity index (χ2v) is 5.86. The quantitative estimate of drug-likeness (QED) is 0.420. The molecule has 5 unspecified atom stereocenters. The van der Waals surface area contributed by atoms with Crippen molar-refractivity contribution in [1.29, 1.82) is 0 Å². The zero-order chi connectivity index (χ0) is 16.5. The van der Waals surface area contributed by atoms with Gasteiger partial charge in [-0.15, -0.1) is 0 Å². The molecule has 22 heavy (non-hydrogen) atoms. The SMILES string of the molecule is [B]C1CC2(CO2)C(C(C)OCCOCC(F)(F)F)C([B])C1=O. The van der Waals surface area contributed by atoms with Crippen LogP contribution in [0.4, 0.5) is 13.2 Å². The summed E-state index contributed by atoms with van der Waals surface area (Å²) in [6, 6.07) is 0. The van der Waals surface area contributed by atoms with E-state index in [4.69, 9.17) is 25.2 Å². The highest BCUT2D eigenvalue weighted by Gasteiger charge is 2.60. The van der Waals surface area contributed by atoms with Crippen molar-refractivity contribution >= 4 is 21.5 Å². The van der Waals surface area contributed by atoms with Gasteiger partial charge in [-0.2, -0.15) is 13.2 Å². The molecule has 4 radical (unpaired) electrons. The molecule has 2 rings (SSSR count). The molecule has 1 spiro atoms. The van der Waals surface area contributed by atoms with Gasteiger partial charge >= 0.3 is 6.18 Å². The Bertz CT molecular complexity index is 415. The molecule has 2 aliphatic rings. The Morgan fingerprint density at radius 1 is 1.41 bits per heavy atom. The summed E-state index contributed by atoms with van der Waals surface area (Å²) < 4.78 is 51.2. The molecule has 1 saturated carbocycles. The zero-order valence-corrected chi connectivity index (χ0v) is 12.3. The number of hydrogen-bond donors (Lipinski definition) is 0. The number of ketones is 1. The predicted molar refractivity (Wildman–Crippen MR) is 73.1 cm³/mol. The molecule has 0 aromatic carbocycles. The molecular weight excluding hydrogens is 299 g/mol. The van der Waals surface area contributed by atoms with Crippen LogP contribution in [0.1, 0.15) is 13.3 Å². The standard InChI is InChI=1S/C13H17B2F3O4/c1-7(21-3-2-20-6-13(16,17)18)9-10(15)11(19)8(14)4-12(9)5-22-12/h7-10H,2-6H2,1H3. The molecule has 2 fully saturated rings. The van der Waals surface area contributed by atoms with Gasteiger partial charge in [0, 0.05) is 5.92 Å². The van der Waals surface area contributed by atoms with Crippen LogP contribution in [-0.4, -0.2) is 65.8 Å². The van der Waals surface area contributed by atoms with Gasteiger partial charge in [-0.1, -0.05) is 0 Å². The fourth-order valence-corrected chi connectivity index (χ4v) is 3.07. The molecular formula is C13H17B2F3O4. The molecule has 120 valence electrons. The van der Waals surface area contributed by atoms with Crippen molar-refractivity contribution in [2.75, 3.05) is 26.4 Å². The Labute approximate surface area is 129 Å². The summed E-state index contributed by atoms with van der Waals surface area (Å²) in [5.41, 5.74) is -0.543. The van der Waals surface area contributed by atoms with Crippen molar-refractivity contribution in [1.82, 2.24) is 0 Å². The molecule has 5 atom stereocenters. The summed E-state index contributed by atoms with van der Waals surface area (Å²) in [6.07, 6.45) is -4.41. The molecule has 0 N–H and O–H groups in total. The Hall–Kier alpha value is -0.530. The van der Waals surface area contributed by atoms with Crippen molar-refractivity contribution in [3.8, 4) is 0 Å². The number of rotatable bonds is 6. The maximum atomic E-state index is 11.9. The Morgan fingerprint density at radius 3 is 2.59 bits per heavy atom. The molecule has 9 heteroatoms. The summed E-state index contributed by atoms with van der Waals surface area (Å²) in [5, 5.41) is 0. The molecule has 0 amide bonds. The first kappa shape index (κ1) is 17.8. The van der Waals surface area contributed by atoms with Gasteiger partial charge in [0.2, 0.25) is 0 Å². The summed E-state index contributed by atoms with van der Waals surface area (Å²) in [6.45, 7) is 0.671. The van der Waals surface area contributed by atoms with Crippen molar-refractivity contribution in [3.63, 3.8) is 0 Å². The number of carbonyl (C=O) groups excluding carboxylic acids is 1. The first-order valence-electron chi connectivity index (χ1n) is 7.11. The van der Waals surface area contributed by atoms with E-state index in [0.29, 0.717) is 13.0 Å². The fraction of sp³-hybridized carbons (Fsp3) is 0.923. The number of Topliss-reactive ketones (excluding diaryl/α,β-unsaturated/α-hetero) is 1. The third-order valence-corrected chi connectivity index (χ3v) is 4.15. The molecule has 1 aliphatic heterocycles. The van der Waals surface area contributed by atoms with Gasteiger partial charge in [-0.25, -0.2) is 0 Å². The minimum Gasteiger partial charge on any atom is -0.376 e. The third kappa shape index (κ3) is 4.06. The number of alkyl halides is 3. The van der Waals surface area contributed by atoms with E-state index in [2.05, 4.69) is 4.74 Å². The molecule has 0 aromatic heterocycles. The van der Waals surface area contributed by atoms with Crippen LogP contribution in [0.5, 0.6) is 0 Å². The van der Waals surface area contributed by atoms with E-state index in [1.54, 1.807) is 6.92 Å². The second-order valence-electron chi connectivity index (χ2n) is 5.86. The van der Waals surface area contributed by atoms with Crippen molar-refractivity contribution in [2.45, 2.75) is 42.9 Å². The van der Waals surface area contributed by atoms with E-state index in [1.165, 1.54) is 0 Å². The summed E-state index contributed by atoms with van der Waals surface area (Å²) in [5.74, 6) is -2.04. The highest BCUT2D eigenvalue weighted by atomic mass is 19.4. The summed E-state index contributed by atoms with van der Waals surface area (Å²) >= 11 is 0. The number of hydrogen-bond acceptors (Lipinski definition) is 4. The minimum absolute atomic E-state index is 0.0171. The van der Waals surface area contributed by atoms with E-state index in [9.17, 15) is 18.0 Å². The molecule has 1 aliphatic carbocycles. The van der Waals surface area contributed by atoms with Crippen molar-refractivity contribution in [2.24, 2.45) is 5.92 Å². The van der Waals surface area contributed by atoms with Gasteiger partial charge < -0.3 is 19.0 Å². The highest BCUT2D eigenvalue weighted by molar-refractivity contribution is 6.34. The van der Waals surface area contributed by atoms with Crippen molar-refractivity contribution in [3.05, 3.63) is 0 Å². The Morgan fingerprint density at radius 2 is 2.05 bits per heavy atom. The molecule has 0 bridgehead atoms. The maximum absolute atomic E-state index is 11.9. The molecule has 1 heterocycles. The molecule has 4 nitrogen and oxygen atoms in total.